The van der Waals surface area contributed by atoms with Crippen LogP contribution in [0.1, 0.15) is 29.7 Å². The first-order valence-electron chi connectivity index (χ1n) is 12.3. The Bertz CT molecular complexity index is 1540. The second-order valence-corrected chi connectivity index (χ2v) is 8.95. The number of hydrogen-bond acceptors (Lipinski definition) is 5. The molecule has 1 atom stereocenters. The normalized spacial score (nSPS) is 16.8. The molecule has 38 heavy (non-hydrogen) atoms. The van der Waals surface area contributed by atoms with E-state index in [1.165, 1.54) is 23.1 Å². The molecular weight excluding hydrogens is 487 g/mol. The lowest BCUT2D eigenvalue weighted by Gasteiger charge is -2.25. The first-order chi connectivity index (χ1) is 18.4. The summed E-state index contributed by atoms with van der Waals surface area (Å²) in [5.41, 5.74) is 2.14. The Labute approximate surface area is 219 Å². The molecule has 0 radical (unpaired) electrons. The molecule has 1 aliphatic heterocycles. The number of ketones is 1. The number of amides is 1. The number of aliphatic hydroxyl groups is 1. The third-order valence-electron chi connectivity index (χ3n) is 6.78. The number of aromatic nitrogens is 1. The van der Waals surface area contributed by atoms with E-state index in [2.05, 4.69) is 4.98 Å². The number of carbonyl (C=O) groups excluding carboxylic acids is 2. The molecule has 4 aromatic rings. The van der Waals surface area contributed by atoms with Crippen LogP contribution in [0.5, 0.6) is 11.5 Å². The maximum atomic E-state index is 15.1. The standard InChI is InChI=1S/C30H27FN2O5/c1-3-38-20-10-8-18(9-11-20)28(34)26-27(22-6-4-5-7-24(22)31)33(30(36)29(26)35)15-14-19-17-32-25-13-12-21(37-2)16-23(19)25/h4-13,16-17,27,32,34H,3,14-15H2,1-2H3/b28-26-. The zero-order valence-corrected chi connectivity index (χ0v) is 21.0. The molecule has 1 saturated heterocycles. The van der Waals surface area contributed by atoms with Crippen molar-refractivity contribution >= 4 is 28.4 Å². The van der Waals surface area contributed by atoms with Crippen molar-refractivity contribution in [1.29, 1.82) is 0 Å². The van der Waals surface area contributed by atoms with E-state index in [0.29, 0.717) is 30.1 Å². The molecule has 1 amide bonds. The van der Waals surface area contributed by atoms with Crippen molar-refractivity contribution in [1.82, 2.24) is 9.88 Å². The highest BCUT2D eigenvalue weighted by atomic mass is 19.1. The Kier molecular flexibility index (Phi) is 6.87. The zero-order valence-electron chi connectivity index (χ0n) is 21.0. The minimum atomic E-state index is -1.08. The van der Waals surface area contributed by atoms with E-state index in [1.807, 2.05) is 31.3 Å². The smallest absolute Gasteiger partial charge is 0.295 e. The molecule has 0 aliphatic carbocycles. The van der Waals surface area contributed by atoms with Gasteiger partial charge in [0, 0.05) is 34.8 Å². The number of fused-ring (bicyclic) bond motifs is 1. The Morgan fingerprint density at radius 2 is 1.79 bits per heavy atom. The molecule has 1 unspecified atom stereocenters. The first kappa shape index (κ1) is 25.1. The molecule has 0 spiro atoms. The molecule has 1 fully saturated rings. The van der Waals surface area contributed by atoms with Crippen LogP contribution in [0.25, 0.3) is 16.7 Å². The SMILES string of the molecule is CCOc1ccc(/C(O)=C2/C(=O)C(=O)N(CCc3c[nH]c4ccc(OC)cc34)C2c2ccccc2F)cc1. The summed E-state index contributed by atoms with van der Waals surface area (Å²) in [6, 6.07) is 17.1. The summed E-state index contributed by atoms with van der Waals surface area (Å²) in [7, 11) is 1.59. The predicted molar refractivity (Wildman–Crippen MR) is 142 cm³/mol. The molecule has 0 bridgehead atoms. The Hall–Kier alpha value is -4.59. The number of aromatic amines is 1. The summed E-state index contributed by atoms with van der Waals surface area (Å²) in [6.45, 7) is 2.47. The van der Waals surface area contributed by atoms with Crippen molar-refractivity contribution in [3.63, 3.8) is 0 Å². The lowest BCUT2D eigenvalue weighted by Crippen LogP contribution is -2.32. The monoisotopic (exact) mass is 514 g/mol. The number of benzene rings is 3. The van der Waals surface area contributed by atoms with Crippen LogP contribution in [0.2, 0.25) is 0 Å². The first-order valence-corrected chi connectivity index (χ1v) is 12.3. The number of likely N-dealkylation sites (tertiary alicyclic amines) is 1. The average Bonchev–Trinajstić information content (AvgIpc) is 3.45. The van der Waals surface area contributed by atoms with Gasteiger partial charge in [-0.3, -0.25) is 9.59 Å². The van der Waals surface area contributed by atoms with E-state index in [4.69, 9.17) is 9.47 Å². The number of nitrogens with zero attached hydrogens (tertiary/aromatic N) is 1. The van der Waals surface area contributed by atoms with Crippen molar-refractivity contribution in [3.05, 3.63) is 101 Å². The van der Waals surface area contributed by atoms with E-state index in [-0.39, 0.29) is 23.4 Å². The highest BCUT2D eigenvalue weighted by molar-refractivity contribution is 6.46. The number of nitrogens with one attached hydrogen (secondary N) is 1. The Morgan fingerprint density at radius 1 is 1.05 bits per heavy atom. The lowest BCUT2D eigenvalue weighted by atomic mass is 9.94. The number of H-pyrrole nitrogens is 1. The fourth-order valence-electron chi connectivity index (χ4n) is 4.89. The molecule has 7 nitrogen and oxygen atoms in total. The van der Waals surface area contributed by atoms with E-state index in [1.54, 1.807) is 37.4 Å². The maximum absolute atomic E-state index is 15.1. The fourth-order valence-corrected chi connectivity index (χ4v) is 4.89. The van der Waals surface area contributed by atoms with Gasteiger partial charge >= 0.3 is 0 Å². The fraction of sp³-hybridized carbons (Fsp3) is 0.200. The molecule has 1 aromatic heterocycles. The van der Waals surface area contributed by atoms with Crippen LogP contribution in [-0.4, -0.2) is 46.9 Å². The molecule has 194 valence electrons. The molecule has 0 saturated carbocycles. The zero-order chi connectivity index (χ0) is 26.8. The van der Waals surface area contributed by atoms with Crippen LogP contribution < -0.4 is 9.47 Å². The third-order valence-corrected chi connectivity index (χ3v) is 6.78. The van der Waals surface area contributed by atoms with Crippen molar-refractivity contribution in [2.24, 2.45) is 0 Å². The number of halogens is 1. The summed E-state index contributed by atoms with van der Waals surface area (Å²) in [5.74, 6) is -1.28. The van der Waals surface area contributed by atoms with E-state index in [9.17, 15) is 14.7 Å². The Balaban J connectivity index is 1.54. The molecule has 8 heteroatoms. The highest BCUT2D eigenvalue weighted by Gasteiger charge is 2.46. The molecule has 1 aliphatic rings. The maximum Gasteiger partial charge on any atom is 0.295 e. The van der Waals surface area contributed by atoms with Gasteiger partial charge < -0.3 is 24.5 Å². The number of aliphatic hydroxyl groups excluding tert-OH is 1. The molecule has 2 N–H and O–H groups in total. The largest absolute Gasteiger partial charge is 0.507 e. The topological polar surface area (TPSA) is 91.9 Å². The highest BCUT2D eigenvalue weighted by Crippen LogP contribution is 2.40. The van der Waals surface area contributed by atoms with Crippen molar-refractivity contribution in [3.8, 4) is 11.5 Å². The number of Topliss-reactive ketones (excluding diaryl/α,β-unsaturated/α-hetero) is 1. The van der Waals surface area contributed by atoms with Gasteiger partial charge in [-0.1, -0.05) is 18.2 Å². The molecular formula is C30H27FN2O5. The predicted octanol–water partition coefficient (Wildman–Crippen LogP) is 5.38. The third kappa shape index (κ3) is 4.49. The minimum absolute atomic E-state index is 0.133. The number of rotatable bonds is 8. The van der Waals surface area contributed by atoms with Gasteiger partial charge in [-0.2, -0.15) is 0 Å². The van der Waals surface area contributed by atoms with Crippen LogP contribution in [0, 0.1) is 5.82 Å². The van der Waals surface area contributed by atoms with E-state index < -0.39 is 23.5 Å². The van der Waals surface area contributed by atoms with Gasteiger partial charge in [0.1, 0.15) is 23.1 Å². The van der Waals surface area contributed by atoms with Gasteiger partial charge in [0.2, 0.25) is 0 Å². The van der Waals surface area contributed by atoms with Gasteiger partial charge in [-0.25, -0.2) is 4.39 Å². The van der Waals surface area contributed by atoms with E-state index >= 15 is 4.39 Å². The van der Waals surface area contributed by atoms with Crippen LogP contribution in [0.15, 0.2) is 78.5 Å². The van der Waals surface area contributed by atoms with Gasteiger partial charge in [0.05, 0.1) is 25.3 Å². The summed E-state index contributed by atoms with van der Waals surface area (Å²) in [6.07, 6.45) is 2.24. The van der Waals surface area contributed by atoms with E-state index in [0.717, 1.165) is 16.5 Å². The summed E-state index contributed by atoms with van der Waals surface area (Å²) in [4.78, 5) is 31.1. The number of hydrogen-bond donors (Lipinski definition) is 2. The average molecular weight is 515 g/mol. The Morgan fingerprint density at radius 3 is 2.50 bits per heavy atom. The second-order valence-electron chi connectivity index (χ2n) is 8.95. The van der Waals surface area contributed by atoms with Crippen LogP contribution in [0.3, 0.4) is 0 Å². The minimum Gasteiger partial charge on any atom is -0.507 e. The van der Waals surface area contributed by atoms with Gasteiger partial charge in [-0.05, 0) is 67.4 Å². The summed E-state index contributed by atoms with van der Waals surface area (Å²) >= 11 is 0. The lowest BCUT2D eigenvalue weighted by molar-refractivity contribution is -0.139. The van der Waals surface area contributed by atoms with Crippen LogP contribution in [0.4, 0.5) is 4.39 Å². The van der Waals surface area contributed by atoms with Gasteiger partial charge in [0.25, 0.3) is 11.7 Å². The van der Waals surface area contributed by atoms with Crippen LogP contribution >= 0.6 is 0 Å². The van der Waals surface area contributed by atoms with Crippen molar-refractivity contribution in [2.45, 2.75) is 19.4 Å². The summed E-state index contributed by atoms with van der Waals surface area (Å²) < 4.78 is 25.9. The number of carbonyl (C=O) groups is 2. The van der Waals surface area contributed by atoms with Gasteiger partial charge in [0.15, 0.2) is 0 Å². The summed E-state index contributed by atoms with van der Waals surface area (Å²) in [5, 5.41) is 12.1. The number of ether oxygens (including phenoxy) is 2. The van der Waals surface area contributed by atoms with Crippen LogP contribution in [-0.2, 0) is 16.0 Å². The number of methoxy groups -OCH3 is 1. The second kappa shape index (κ2) is 10.4. The van der Waals surface area contributed by atoms with Crippen molar-refractivity contribution in [2.75, 3.05) is 20.3 Å². The quantitative estimate of drug-likeness (QED) is 0.187. The van der Waals surface area contributed by atoms with Gasteiger partial charge in [-0.15, -0.1) is 0 Å². The molecule has 2 heterocycles. The molecule has 3 aromatic carbocycles. The molecule has 5 rings (SSSR count). The van der Waals surface area contributed by atoms with Crippen molar-refractivity contribution < 1.29 is 28.6 Å².